The summed E-state index contributed by atoms with van der Waals surface area (Å²) in [6.07, 6.45) is 1.93. The Hall–Kier alpha value is -0.700. The molecule has 2 aliphatic rings. The molecule has 1 heterocycles. The van der Waals surface area contributed by atoms with Crippen molar-refractivity contribution in [2.45, 2.75) is 37.1 Å². The fraction of sp³-hybridized carbons (Fsp3) is 0.909. The molecule has 0 aromatic heterocycles. The van der Waals surface area contributed by atoms with Gasteiger partial charge in [-0.1, -0.05) is 0 Å². The van der Waals surface area contributed by atoms with Gasteiger partial charge < -0.3 is 15.8 Å². The van der Waals surface area contributed by atoms with E-state index < -0.39 is 21.3 Å². The lowest BCUT2D eigenvalue weighted by Crippen LogP contribution is -2.58. The van der Waals surface area contributed by atoms with Crippen LogP contribution in [-0.2, 0) is 19.6 Å². The molecule has 1 aliphatic carbocycles. The maximum atomic E-state index is 12.3. The van der Waals surface area contributed by atoms with E-state index in [-0.39, 0.29) is 31.6 Å². The van der Waals surface area contributed by atoms with Gasteiger partial charge in [0.15, 0.2) is 0 Å². The number of nitrogens with two attached hydrogens (primary N) is 1. The average molecular weight is 291 g/mol. The second-order valence-electron chi connectivity index (χ2n) is 5.08. The Morgan fingerprint density at radius 1 is 1.53 bits per heavy atom. The monoisotopic (exact) mass is 291 g/mol. The molecule has 1 amide bonds. The smallest absolute Gasteiger partial charge is 0.241 e. The van der Waals surface area contributed by atoms with Crippen LogP contribution < -0.4 is 11.1 Å². The lowest BCUT2D eigenvalue weighted by molar-refractivity contribution is -0.129. The first-order valence-electron chi connectivity index (χ1n) is 6.55. The molecular weight excluding hydrogens is 270 g/mol. The first-order chi connectivity index (χ1) is 8.96. The first-order valence-corrected chi connectivity index (χ1v) is 8.06. The van der Waals surface area contributed by atoms with Crippen molar-refractivity contribution in [3.8, 4) is 0 Å². The van der Waals surface area contributed by atoms with Gasteiger partial charge >= 0.3 is 0 Å². The second-order valence-corrected chi connectivity index (χ2v) is 7.38. The van der Waals surface area contributed by atoms with Crippen LogP contribution in [0.1, 0.15) is 19.8 Å². The molecule has 19 heavy (non-hydrogen) atoms. The van der Waals surface area contributed by atoms with Crippen LogP contribution in [-0.4, -0.2) is 62.3 Å². The summed E-state index contributed by atoms with van der Waals surface area (Å²) >= 11 is 0. The summed E-state index contributed by atoms with van der Waals surface area (Å²) in [5, 5.41) is 2.13. The summed E-state index contributed by atoms with van der Waals surface area (Å²) in [5.74, 6) is -0.269. The molecule has 0 bridgehead atoms. The summed E-state index contributed by atoms with van der Waals surface area (Å²) in [6, 6.07) is -0.570. The topological polar surface area (TPSA) is 102 Å². The minimum Gasteiger partial charge on any atom is -0.378 e. The van der Waals surface area contributed by atoms with Crippen molar-refractivity contribution < 1.29 is 17.9 Å². The number of hydrogen-bond donors (Lipinski definition) is 2. The van der Waals surface area contributed by atoms with E-state index in [0.717, 1.165) is 12.8 Å². The number of morpholine rings is 1. The predicted molar refractivity (Wildman–Crippen MR) is 69.9 cm³/mol. The van der Waals surface area contributed by atoms with Crippen LogP contribution in [0, 0.1) is 0 Å². The van der Waals surface area contributed by atoms with Gasteiger partial charge in [-0.15, -0.1) is 0 Å². The van der Waals surface area contributed by atoms with Gasteiger partial charge in [0.2, 0.25) is 15.9 Å². The second kappa shape index (κ2) is 5.74. The molecule has 2 fully saturated rings. The molecule has 0 aromatic carbocycles. The summed E-state index contributed by atoms with van der Waals surface area (Å²) in [7, 11) is -3.55. The molecule has 0 spiro atoms. The lowest BCUT2D eigenvalue weighted by atomic mass is 10.2. The first kappa shape index (κ1) is 14.7. The zero-order valence-corrected chi connectivity index (χ0v) is 11.9. The van der Waals surface area contributed by atoms with Crippen molar-refractivity contribution in [1.82, 2.24) is 9.62 Å². The Morgan fingerprint density at radius 2 is 2.21 bits per heavy atom. The molecule has 2 rings (SSSR count). The van der Waals surface area contributed by atoms with E-state index in [4.69, 9.17) is 10.5 Å². The third-order valence-corrected chi connectivity index (χ3v) is 5.77. The van der Waals surface area contributed by atoms with Gasteiger partial charge in [-0.05, 0) is 19.8 Å². The third-order valence-electron chi connectivity index (χ3n) is 3.47. The van der Waals surface area contributed by atoms with Crippen LogP contribution in [0.25, 0.3) is 0 Å². The number of nitrogens with one attached hydrogen (secondary N) is 1. The van der Waals surface area contributed by atoms with Crippen LogP contribution in [0.3, 0.4) is 0 Å². The zero-order chi connectivity index (χ0) is 14.0. The highest BCUT2D eigenvalue weighted by molar-refractivity contribution is 7.89. The summed E-state index contributed by atoms with van der Waals surface area (Å²) in [6.45, 7) is 2.21. The van der Waals surface area contributed by atoms with Crippen LogP contribution in [0.5, 0.6) is 0 Å². The standard InChI is InChI=1S/C11H21N3O4S/c1-8(6-12)19(16,17)14-4-5-18-7-10(14)11(15)13-9-2-3-9/h8-10H,2-7,12H2,1H3,(H,13,15). The van der Waals surface area contributed by atoms with E-state index >= 15 is 0 Å². The average Bonchev–Trinajstić information content (AvgIpc) is 3.21. The zero-order valence-electron chi connectivity index (χ0n) is 11.0. The molecule has 2 unspecified atom stereocenters. The molecule has 1 saturated carbocycles. The predicted octanol–water partition coefficient (Wildman–Crippen LogP) is -1.36. The number of sulfonamides is 1. The van der Waals surface area contributed by atoms with E-state index in [1.807, 2.05) is 0 Å². The summed E-state index contributed by atoms with van der Waals surface area (Å²) in [4.78, 5) is 12.1. The van der Waals surface area contributed by atoms with E-state index in [9.17, 15) is 13.2 Å². The van der Waals surface area contributed by atoms with Crippen molar-refractivity contribution in [2.24, 2.45) is 5.73 Å². The Bertz CT molecular complexity index is 435. The molecule has 7 nitrogen and oxygen atoms in total. The molecule has 0 radical (unpaired) electrons. The Morgan fingerprint density at radius 3 is 2.79 bits per heavy atom. The highest BCUT2D eigenvalue weighted by Gasteiger charge is 2.40. The van der Waals surface area contributed by atoms with Gasteiger partial charge in [-0.25, -0.2) is 8.42 Å². The van der Waals surface area contributed by atoms with Crippen molar-refractivity contribution in [3.63, 3.8) is 0 Å². The summed E-state index contributed by atoms with van der Waals surface area (Å²) in [5.41, 5.74) is 5.44. The normalized spacial score (nSPS) is 26.9. The number of carbonyl (C=O) groups is 1. The van der Waals surface area contributed by atoms with Gasteiger partial charge in [0.1, 0.15) is 6.04 Å². The van der Waals surface area contributed by atoms with Gasteiger partial charge in [0, 0.05) is 19.1 Å². The van der Waals surface area contributed by atoms with Gasteiger partial charge in [-0.2, -0.15) is 4.31 Å². The van der Waals surface area contributed by atoms with Crippen LogP contribution in [0.15, 0.2) is 0 Å². The van der Waals surface area contributed by atoms with E-state index in [2.05, 4.69) is 5.32 Å². The van der Waals surface area contributed by atoms with E-state index in [1.165, 1.54) is 4.31 Å². The molecule has 8 heteroatoms. The number of rotatable bonds is 5. The summed E-state index contributed by atoms with van der Waals surface area (Å²) < 4.78 is 31.2. The minimum atomic E-state index is -3.55. The largest absolute Gasteiger partial charge is 0.378 e. The third kappa shape index (κ3) is 3.25. The van der Waals surface area contributed by atoms with Gasteiger partial charge in [-0.3, -0.25) is 4.79 Å². The number of ether oxygens (including phenoxy) is 1. The van der Waals surface area contributed by atoms with Crippen molar-refractivity contribution in [2.75, 3.05) is 26.3 Å². The minimum absolute atomic E-state index is 0.0383. The molecule has 2 atom stereocenters. The molecule has 110 valence electrons. The highest BCUT2D eigenvalue weighted by atomic mass is 32.2. The van der Waals surface area contributed by atoms with Crippen molar-refractivity contribution in [1.29, 1.82) is 0 Å². The van der Waals surface area contributed by atoms with Crippen LogP contribution >= 0.6 is 0 Å². The molecular formula is C11H21N3O4S. The van der Waals surface area contributed by atoms with E-state index in [1.54, 1.807) is 6.92 Å². The number of amides is 1. The Labute approximate surface area is 113 Å². The maximum Gasteiger partial charge on any atom is 0.241 e. The quantitative estimate of drug-likeness (QED) is 0.651. The fourth-order valence-corrected chi connectivity index (χ4v) is 3.52. The van der Waals surface area contributed by atoms with E-state index in [0.29, 0.717) is 6.61 Å². The molecule has 1 aliphatic heterocycles. The Balaban J connectivity index is 2.12. The van der Waals surface area contributed by atoms with Crippen molar-refractivity contribution in [3.05, 3.63) is 0 Å². The maximum absolute atomic E-state index is 12.3. The lowest BCUT2D eigenvalue weighted by Gasteiger charge is -2.35. The van der Waals surface area contributed by atoms with Gasteiger partial charge in [0.05, 0.1) is 18.5 Å². The van der Waals surface area contributed by atoms with Gasteiger partial charge in [0.25, 0.3) is 0 Å². The Kier molecular flexibility index (Phi) is 4.44. The fourth-order valence-electron chi connectivity index (χ4n) is 1.98. The van der Waals surface area contributed by atoms with Crippen LogP contribution in [0.2, 0.25) is 0 Å². The number of nitrogens with zero attached hydrogens (tertiary/aromatic N) is 1. The SMILES string of the molecule is CC(CN)S(=O)(=O)N1CCOCC1C(=O)NC1CC1. The molecule has 1 saturated heterocycles. The number of carbonyl (C=O) groups excluding carboxylic acids is 1. The number of hydrogen-bond acceptors (Lipinski definition) is 5. The molecule has 0 aromatic rings. The molecule has 3 N–H and O–H groups in total. The van der Waals surface area contributed by atoms with Crippen molar-refractivity contribution >= 4 is 15.9 Å². The van der Waals surface area contributed by atoms with Crippen LogP contribution in [0.4, 0.5) is 0 Å². The highest BCUT2D eigenvalue weighted by Crippen LogP contribution is 2.21.